The Kier molecular flexibility index (Phi) is 8.60. The SMILES string of the molecule is NC(=O)CCCc1cccc(OC[C@H](CCC(N)=O)NC(=O)[C@@H]2Cc3cccc4c3N2C(=O)CCC4)c1F. The molecule has 0 radical (unpaired) electrons. The van der Waals surface area contributed by atoms with E-state index in [4.69, 9.17) is 16.2 Å². The highest BCUT2D eigenvalue weighted by atomic mass is 19.1. The van der Waals surface area contributed by atoms with Gasteiger partial charge in [0.1, 0.15) is 12.6 Å². The summed E-state index contributed by atoms with van der Waals surface area (Å²) >= 11 is 0. The molecule has 38 heavy (non-hydrogen) atoms. The smallest absolute Gasteiger partial charge is 0.243 e. The normalized spacial score (nSPS) is 16.9. The standard InChI is InChI=1S/C28H33FN4O5/c29-26-17(6-3-11-23(30)34)5-2-10-22(26)38-16-20(13-14-24(31)35)32-28(37)21-15-19-9-1-7-18-8-4-12-25(36)33(21)27(18)19/h1-2,5,7,9-10,20-21H,3-4,6,8,11-16H2,(H2,30,34)(H2,31,35)(H,32,37)/t20-,21-/m0/s1. The number of primary amides is 2. The number of amides is 4. The highest BCUT2D eigenvalue weighted by Gasteiger charge is 2.41. The average Bonchev–Trinajstić information content (AvgIpc) is 3.19. The lowest BCUT2D eigenvalue weighted by Gasteiger charge is -2.27. The summed E-state index contributed by atoms with van der Waals surface area (Å²) in [5.74, 6) is -1.98. The summed E-state index contributed by atoms with van der Waals surface area (Å²) in [4.78, 5) is 50.4. The van der Waals surface area contributed by atoms with Gasteiger partial charge in [-0.15, -0.1) is 0 Å². The first-order valence-corrected chi connectivity index (χ1v) is 12.9. The van der Waals surface area contributed by atoms with Crippen LogP contribution in [0.15, 0.2) is 36.4 Å². The van der Waals surface area contributed by atoms with E-state index in [1.165, 1.54) is 6.07 Å². The molecule has 5 N–H and O–H groups in total. The number of nitrogens with one attached hydrogen (secondary N) is 1. The Morgan fingerprint density at radius 2 is 1.79 bits per heavy atom. The number of carbonyl (C=O) groups excluding carboxylic acids is 4. The number of anilines is 1. The Bertz CT molecular complexity index is 1230. The molecule has 0 unspecified atom stereocenters. The minimum Gasteiger partial charge on any atom is -0.488 e. The fraction of sp³-hybridized carbons (Fsp3) is 0.429. The van der Waals surface area contributed by atoms with E-state index in [-0.39, 0.29) is 43.4 Å². The van der Waals surface area contributed by atoms with Crippen LogP contribution in [0.1, 0.15) is 55.2 Å². The Labute approximate surface area is 220 Å². The first-order chi connectivity index (χ1) is 18.2. The summed E-state index contributed by atoms with van der Waals surface area (Å²) in [6.45, 7) is -0.0977. The third kappa shape index (κ3) is 6.30. The van der Waals surface area contributed by atoms with Gasteiger partial charge >= 0.3 is 0 Å². The van der Waals surface area contributed by atoms with Gasteiger partial charge in [-0.05, 0) is 54.9 Å². The zero-order chi connectivity index (χ0) is 27.2. The number of halogens is 1. The Morgan fingerprint density at radius 3 is 2.55 bits per heavy atom. The van der Waals surface area contributed by atoms with E-state index in [9.17, 15) is 23.6 Å². The van der Waals surface area contributed by atoms with Crippen LogP contribution in [-0.4, -0.2) is 42.3 Å². The van der Waals surface area contributed by atoms with Gasteiger partial charge in [-0.1, -0.05) is 30.3 Å². The number of para-hydroxylation sites is 1. The van der Waals surface area contributed by atoms with Crippen LogP contribution in [0.5, 0.6) is 5.75 Å². The van der Waals surface area contributed by atoms with Crippen molar-refractivity contribution in [3.05, 3.63) is 58.9 Å². The van der Waals surface area contributed by atoms with Crippen LogP contribution < -0.4 is 26.4 Å². The first-order valence-electron chi connectivity index (χ1n) is 12.9. The van der Waals surface area contributed by atoms with E-state index in [0.29, 0.717) is 31.2 Å². The van der Waals surface area contributed by atoms with Crippen molar-refractivity contribution in [2.24, 2.45) is 11.5 Å². The summed E-state index contributed by atoms with van der Waals surface area (Å²) in [6, 6.07) is 9.26. The molecule has 2 aromatic rings. The van der Waals surface area contributed by atoms with Gasteiger partial charge in [-0.25, -0.2) is 4.39 Å². The number of carbonyl (C=O) groups is 4. The predicted octanol–water partition coefficient (Wildman–Crippen LogP) is 2.06. The molecular weight excluding hydrogens is 491 g/mol. The molecule has 4 amide bonds. The van der Waals surface area contributed by atoms with E-state index < -0.39 is 29.7 Å². The number of hydrogen-bond acceptors (Lipinski definition) is 5. The largest absolute Gasteiger partial charge is 0.488 e. The second kappa shape index (κ2) is 12.1. The molecule has 0 saturated carbocycles. The zero-order valence-electron chi connectivity index (χ0n) is 21.2. The van der Waals surface area contributed by atoms with Crippen LogP contribution in [0, 0.1) is 5.82 Å². The Morgan fingerprint density at radius 1 is 1.05 bits per heavy atom. The van der Waals surface area contributed by atoms with Gasteiger partial charge in [0.15, 0.2) is 11.6 Å². The van der Waals surface area contributed by atoms with Crippen LogP contribution in [0.4, 0.5) is 10.1 Å². The molecule has 4 rings (SSSR count). The average molecular weight is 525 g/mol. The van der Waals surface area contributed by atoms with Crippen molar-refractivity contribution in [1.29, 1.82) is 0 Å². The minimum atomic E-state index is -0.710. The van der Waals surface area contributed by atoms with Crippen molar-refractivity contribution >= 4 is 29.3 Å². The van der Waals surface area contributed by atoms with Crippen molar-refractivity contribution in [2.75, 3.05) is 11.5 Å². The van der Waals surface area contributed by atoms with E-state index in [0.717, 1.165) is 29.7 Å². The lowest BCUT2D eigenvalue weighted by atomic mass is 10.0. The number of hydrogen-bond donors (Lipinski definition) is 3. The van der Waals surface area contributed by atoms with Gasteiger partial charge in [0.25, 0.3) is 0 Å². The second-order valence-electron chi connectivity index (χ2n) is 9.83. The molecule has 2 heterocycles. The lowest BCUT2D eigenvalue weighted by molar-refractivity contribution is -0.127. The molecule has 0 saturated heterocycles. The highest BCUT2D eigenvalue weighted by Crippen LogP contribution is 2.39. The maximum atomic E-state index is 15.0. The molecule has 9 nitrogen and oxygen atoms in total. The maximum Gasteiger partial charge on any atom is 0.243 e. The van der Waals surface area contributed by atoms with E-state index >= 15 is 0 Å². The van der Waals surface area contributed by atoms with Gasteiger partial charge in [-0.2, -0.15) is 0 Å². The molecule has 0 bridgehead atoms. The summed E-state index contributed by atoms with van der Waals surface area (Å²) in [5, 5.41) is 2.91. The lowest BCUT2D eigenvalue weighted by Crippen LogP contribution is -2.51. The third-order valence-corrected chi connectivity index (χ3v) is 7.02. The maximum absolute atomic E-state index is 15.0. The number of ether oxygens (including phenoxy) is 1. The van der Waals surface area contributed by atoms with Gasteiger partial charge in [-0.3, -0.25) is 24.1 Å². The summed E-state index contributed by atoms with van der Waals surface area (Å²) in [6.07, 6.45) is 3.34. The van der Waals surface area contributed by atoms with Crippen LogP contribution in [0.25, 0.3) is 0 Å². The fourth-order valence-electron chi connectivity index (χ4n) is 5.15. The van der Waals surface area contributed by atoms with Gasteiger partial charge in [0, 0.05) is 25.7 Å². The molecule has 2 atom stereocenters. The van der Waals surface area contributed by atoms with Crippen molar-refractivity contribution in [2.45, 2.75) is 69.9 Å². The van der Waals surface area contributed by atoms with Gasteiger partial charge < -0.3 is 21.5 Å². The number of benzene rings is 2. The summed E-state index contributed by atoms with van der Waals surface area (Å²) in [7, 11) is 0. The topological polar surface area (TPSA) is 145 Å². The highest BCUT2D eigenvalue weighted by molar-refractivity contribution is 6.04. The molecule has 0 aromatic heterocycles. The van der Waals surface area contributed by atoms with E-state index in [2.05, 4.69) is 5.32 Å². The quantitative estimate of drug-likeness (QED) is 0.389. The van der Waals surface area contributed by atoms with E-state index in [1.54, 1.807) is 17.0 Å². The minimum absolute atomic E-state index is 0.000471. The molecule has 10 heteroatoms. The molecule has 202 valence electrons. The molecule has 2 aliphatic rings. The van der Waals surface area contributed by atoms with Crippen molar-refractivity contribution < 1.29 is 28.3 Å². The molecule has 0 fully saturated rings. The van der Waals surface area contributed by atoms with Crippen LogP contribution in [-0.2, 0) is 38.4 Å². The number of nitrogens with zero attached hydrogens (tertiary/aromatic N) is 1. The molecular formula is C28H33FN4O5. The number of nitrogens with two attached hydrogens (primary N) is 2. The van der Waals surface area contributed by atoms with Crippen molar-refractivity contribution in [1.82, 2.24) is 5.32 Å². The summed E-state index contributed by atoms with van der Waals surface area (Å²) < 4.78 is 20.7. The van der Waals surface area contributed by atoms with Crippen LogP contribution in [0.3, 0.4) is 0 Å². The fourth-order valence-corrected chi connectivity index (χ4v) is 5.15. The van der Waals surface area contributed by atoms with Crippen molar-refractivity contribution in [3.8, 4) is 5.75 Å². The van der Waals surface area contributed by atoms with Gasteiger partial charge in [0.05, 0.1) is 11.7 Å². The third-order valence-electron chi connectivity index (χ3n) is 7.02. The molecule has 2 aromatic carbocycles. The number of aryl methyl sites for hydroxylation is 2. The predicted molar refractivity (Wildman–Crippen MR) is 139 cm³/mol. The Balaban J connectivity index is 1.46. The second-order valence-corrected chi connectivity index (χ2v) is 9.83. The van der Waals surface area contributed by atoms with E-state index in [1.807, 2.05) is 18.2 Å². The van der Waals surface area contributed by atoms with Crippen molar-refractivity contribution in [3.63, 3.8) is 0 Å². The molecule has 0 spiro atoms. The van der Waals surface area contributed by atoms with Crippen LogP contribution >= 0.6 is 0 Å². The Hall–Kier alpha value is -3.95. The number of rotatable bonds is 12. The van der Waals surface area contributed by atoms with Crippen LogP contribution in [0.2, 0.25) is 0 Å². The monoisotopic (exact) mass is 524 g/mol. The summed E-state index contributed by atoms with van der Waals surface area (Å²) in [5.41, 5.74) is 13.7. The zero-order valence-corrected chi connectivity index (χ0v) is 21.2. The molecule has 0 aliphatic carbocycles. The van der Waals surface area contributed by atoms with Gasteiger partial charge in [0.2, 0.25) is 23.6 Å². The first kappa shape index (κ1) is 27.1. The molecule has 2 aliphatic heterocycles.